The number of aromatic nitrogens is 3. The first-order chi connectivity index (χ1) is 8.65. The second-order valence-electron chi connectivity index (χ2n) is 3.69. The molecule has 0 atom stereocenters. The SMILES string of the molecule is CCOCCOc1nc(NC)nc(OC(C)C)n1. The molecular formula is C11H20N4O3. The smallest absolute Gasteiger partial charge is 0.324 e. The van der Waals surface area contributed by atoms with Crippen LogP contribution in [-0.4, -0.2) is 47.9 Å². The Morgan fingerprint density at radius 3 is 2.44 bits per heavy atom. The minimum absolute atomic E-state index is 0.00613. The molecule has 7 nitrogen and oxygen atoms in total. The lowest BCUT2D eigenvalue weighted by molar-refractivity contribution is 0.105. The van der Waals surface area contributed by atoms with Gasteiger partial charge in [-0.2, -0.15) is 9.97 Å². The third kappa shape index (κ3) is 5.13. The van der Waals surface area contributed by atoms with Crippen molar-refractivity contribution in [2.75, 3.05) is 32.2 Å². The molecule has 102 valence electrons. The number of hydrogen-bond acceptors (Lipinski definition) is 7. The van der Waals surface area contributed by atoms with Crippen LogP contribution < -0.4 is 14.8 Å². The molecule has 18 heavy (non-hydrogen) atoms. The molecule has 0 bridgehead atoms. The molecule has 1 aromatic rings. The van der Waals surface area contributed by atoms with Crippen molar-refractivity contribution in [3.63, 3.8) is 0 Å². The highest BCUT2D eigenvalue weighted by Gasteiger charge is 2.09. The van der Waals surface area contributed by atoms with E-state index in [2.05, 4.69) is 20.3 Å². The van der Waals surface area contributed by atoms with E-state index in [4.69, 9.17) is 14.2 Å². The van der Waals surface area contributed by atoms with Crippen molar-refractivity contribution < 1.29 is 14.2 Å². The van der Waals surface area contributed by atoms with Crippen LogP contribution in [0.1, 0.15) is 20.8 Å². The molecule has 0 unspecified atom stereocenters. The Hall–Kier alpha value is -1.63. The number of ether oxygens (including phenoxy) is 3. The second-order valence-corrected chi connectivity index (χ2v) is 3.69. The zero-order chi connectivity index (χ0) is 13.4. The van der Waals surface area contributed by atoms with E-state index >= 15 is 0 Å². The van der Waals surface area contributed by atoms with Gasteiger partial charge in [-0.15, -0.1) is 4.98 Å². The first kappa shape index (κ1) is 14.4. The van der Waals surface area contributed by atoms with E-state index in [1.165, 1.54) is 0 Å². The van der Waals surface area contributed by atoms with Gasteiger partial charge in [0.25, 0.3) is 0 Å². The molecule has 1 heterocycles. The summed E-state index contributed by atoms with van der Waals surface area (Å²) in [5.41, 5.74) is 0. The Labute approximate surface area is 107 Å². The van der Waals surface area contributed by atoms with Crippen LogP contribution in [-0.2, 0) is 4.74 Å². The van der Waals surface area contributed by atoms with Crippen molar-refractivity contribution in [3.8, 4) is 12.0 Å². The highest BCUT2D eigenvalue weighted by atomic mass is 16.5. The summed E-state index contributed by atoms with van der Waals surface area (Å²) in [4.78, 5) is 12.2. The van der Waals surface area contributed by atoms with Crippen molar-refractivity contribution in [2.24, 2.45) is 0 Å². The topological polar surface area (TPSA) is 78.4 Å². The highest BCUT2D eigenvalue weighted by molar-refractivity contribution is 5.26. The van der Waals surface area contributed by atoms with Gasteiger partial charge in [-0.25, -0.2) is 0 Å². The number of anilines is 1. The number of nitrogens with zero attached hydrogens (tertiary/aromatic N) is 3. The van der Waals surface area contributed by atoms with Gasteiger partial charge in [-0.05, 0) is 20.8 Å². The van der Waals surface area contributed by atoms with Crippen molar-refractivity contribution >= 4 is 5.95 Å². The van der Waals surface area contributed by atoms with Gasteiger partial charge in [0, 0.05) is 13.7 Å². The van der Waals surface area contributed by atoms with Crippen LogP contribution in [0.2, 0.25) is 0 Å². The third-order valence-electron chi connectivity index (χ3n) is 1.82. The minimum Gasteiger partial charge on any atom is -0.461 e. The fraction of sp³-hybridized carbons (Fsp3) is 0.727. The Morgan fingerprint density at radius 2 is 1.83 bits per heavy atom. The molecule has 0 aliphatic heterocycles. The zero-order valence-electron chi connectivity index (χ0n) is 11.3. The lowest BCUT2D eigenvalue weighted by Crippen LogP contribution is -2.13. The molecule has 0 spiro atoms. The quantitative estimate of drug-likeness (QED) is 0.698. The first-order valence-corrected chi connectivity index (χ1v) is 5.96. The lowest BCUT2D eigenvalue weighted by Gasteiger charge is -2.10. The van der Waals surface area contributed by atoms with Crippen LogP contribution in [0.4, 0.5) is 5.95 Å². The number of hydrogen-bond donors (Lipinski definition) is 1. The van der Waals surface area contributed by atoms with E-state index < -0.39 is 0 Å². The Morgan fingerprint density at radius 1 is 1.11 bits per heavy atom. The van der Waals surface area contributed by atoms with Gasteiger partial charge in [-0.3, -0.25) is 0 Å². The molecule has 7 heteroatoms. The molecule has 1 N–H and O–H groups in total. The molecule has 0 fully saturated rings. The minimum atomic E-state index is -0.00613. The summed E-state index contributed by atoms with van der Waals surface area (Å²) >= 11 is 0. The monoisotopic (exact) mass is 256 g/mol. The van der Waals surface area contributed by atoms with E-state index in [9.17, 15) is 0 Å². The molecular weight excluding hydrogens is 236 g/mol. The molecule has 0 saturated carbocycles. The van der Waals surface area contributed by atoms with Gasteiger partial charge in [0.2, 0.25) is 5.95 Å². The summed E-state index contributed by atoms with van der Waals surface area (Å²) in [6, 6.07) is 0.473. The predicted molar refractivity (Wildman–Crippen MR) is 67.1 cm³/mol. The Bertz CT molecular complexity index is 360. The summed E-state index contributed by atoms with van der Waals surface area (Å²) in [6.07, 6.45) is -0.00613. The molecule has 0 amide bonds. The number of rotatable bonds is 8. The molecule has 1 rings (SSSR count). The summed E-state index contributed by atoms with van der Waals surface area (Å²) in [5.74, 6) is 0.409. The fourth-order valence-electron chi connectivity index (χ4n) is 1.11. The molecule has 0 radical (unpaired) electrons. The maximum atomic E-state index is 5.41. The van der Waals surface area contributed by atoms with Crippen molar-refractivity contribution in [2.45, 2.75) is 26.9 Å². The van der Waals surface area contributed by atoms with Gasteiger partial charge < -0.3 is 19.5 Å². The van der Waals surface area contributed by atoms with Crippen LogP contribution >= 0.6 is 0 Å². The van der Waals surface area contributed by atoms with E-state index in [0.29, 0.717) is 25.8 Å². The Balaban J connectivity index is 2.64. The van der Waals surface area contributed by atoms with Crippen LogP contribution in [0, 0.1) is 0 Å². The zero-order valence-corrected chi connectivity index (χ0v) is 11.3. The molecule has 0 aromatic carbocycles. The summed E-state index contributed by atoms with van der Waals surface area (Å²) in [6.45, 7) is 7.27. The van der Waals surface area contributed by atoms with Crippen LogP contribution in [0.5, 0.6) is 12.0 Å². The fourth-order valence-corrected chi connectivity index (χ4v) is 1.11. The average Bonchev–Trinajstić information content (AvgIpc) is 2.33. The summed E-state index contributed by atoms with van der Waals surface area (Å²) in [7, 11) is 1.72. The van der Waals surface area contributed by atoms with Gasteiger partial charge >= 0.3 is 12.0 Å². The highest BCUT2D eigenvalue weighted by Crippen LogP contribution is 2.13. The predicted octanol–water partition coefficient (Wildman–Crippen LogP) is 1.12. The van der Waals surface area contributed by atoms with Crippen LogP contribution in [0.3, 0.4) is 0 Å². The lowest BCUT2D eigenvalue weighted by atomic mass is 10.5. The molecule has 0 saturated heterocycles. The normalized spacial score (nSPS) is 10.5. The van der Waals surface area contributed by atoms with Crippen LogP contribution in [0.25, 0.3) is 0 Å². The maximum Gasteiger partial charge on any atom is 0.324 e. The summed E-state index contributed by atoms with van der Waals surface area (Å²) < 4.78 is 15.9. The van der Waals surface area contributed by atoms with Gasteiger partial charge in [-0.1, -0.05) is 0 Å². The standard InChI is InChI=1S/C11H20N4O3/c1-5-16-6-7-17-10-13-9(12-4)14-11(15-10)18-8(2)3/h8H,5-7H2,1-4H3,(H,12,13,14,15). The van der Waals surface area contributed by atoms with Crippen LogP contribution in [0.15, 0.2) is 0 Å². The van der Waals surface area contributed by atoms with Gasteiger partial charge in [0.1, 0.15) is 6.61 Å². The Kier molecular flexibility index (Phi) is 6.13. The van der Waals surface area contributed by atoms with E-state index in [0.717, 1.165) is 0 Å². The second kappa shape index (κ2) is 7.65. The number of nitrogens with one attached hydrogen (secondary N) is 1. The maximum absolute atomic E-state index is 5.41. The molecule has 0 aliphatic rings. The van der Waals surface area contributed by atoms with Gasteiger partial charge in [0.05, 0.1) is 12.7 Å². The first-order valence-electron chi connectivity index (χ1n) is 5.96. The third-order valence-corrected chi connectivity index (χ3v) is 1.82. The van der Waals surface area contributed by atoms with E-state index in [1.54, 1.807) is 7.05 Å². The largest absolute Gasteiger partial charge is 0.461 e. The van der Waals surface area contributed by atoms with Crippen molar-refractivity contribution in [1.29, 1.82) is 0 Å². The van der Waals surface area contributed by atoms with Crippen molar-refractivity contribution in [3.05, 3.63) is 0 Å². The van der Waals surface area contributed by atoms with Gasteiger partial charge in [0.15, 0.2) is 0 Å². The van der Waals surface area contributed by atoms with E-state index in [1.807, 2.05) is 20.8 Å². The van der Waals surface area contributed by atoms with Crippen molar-refractivity contribution in [1.82, 2.24) is 15.0 Å². The molecule has 1 aromatic heterocycles. The summed E-state index contributed by atoms with van der Waals surface area (Å²) in [5, 5.41) is 2.83. The van der Waals surface area contributed by atoms with E-state index in [-0.39, 0.29) is 18.1 Å². The average molecular weight is 256 g/mol. The molecule has 0 aliphatic carbocycles.